The summed E-state index contributed by atoms with van der Waals surface area (Å²) in [6.45, 7) is 0. The highest BCUT2D eigenvalue weighted by Gasteiger charge is 2.08. The SMILES string of the molecule is Fc1cc(Cl)cc(-c2ccccc2-c2ccccc2)c1. The maximum atomic E-state index is 13.6. The quantitative estimate of drug-likeness (QED) is 0.556. The number of hydrogen-bond acceptors (Lipinski definition) is 0. The first kappa shape index (κ1) is 12.9. The standard InChI is InChI=1S/C18H12ClF/c19-15-10-14(11-16(20)12-15)18-9-5-4-8-17(18)13-6-2-1-3-7-13/h1-12H. The van der Waals surface area contributed by atoms with Crippen LogP contribution in [0, 0.1) is 5.82 Å². The Hall–Kier alpha value is -2.12. The van der Waals surface area contributed by atoms with Gasteiger partial charge in [-0.25, -0.2) is 4.39 Å². The third kappa shape index (κ3) is 2.59. The Morgan fingerprint density at radius 1 is 0.650 bits per heavy atom. The molecule has 0 unspecified atom stereocenters. The van der Waals surface area contributed by atoms with Gasteiger partial charge in [-0.05, 0) is 40.5 Å². The van der Waals surface area contributed by atoms with Crippen LogP contribution in [0.4, 0.5) is 4.39 Å². The molecule has 98 valence electrons. The summed E-state index contributed by atoms with van der Waals surface area (Å²) in [5.41, 5.74) is 3.92. The van der Waals surface area contributed by atoms with Crippen LogP contribution in [0.15, 0.2) is 72.8 Å². The topological polar surface area (TPSA) is 0 Å². The molecule has 0 N–H and O–H groups in total. The maximum Gasteiger partial charge on any atom is 0.125 e. The fourth-order valence-electron chi connectivity index (χ4n) is 2.31. The van der Waals surface area contributed by atoms with Crippen LogP contribution in [0.1, 0.15) is 0 Å². The Kier molecular flexibility index (Phi) is 3.53. The van der Waals surface area contributed by atoms with Gasteiger partial charge >= 0.3 is 0 Å². The lowest BCUT2D eigenvalue weighted by Gasteiger charge is -2.10. The molecule has 3 aromatic carbocycles. The van der Waals surface area contributed by atoms with Gasteiger partial charge in [0, 0.05) is 5.02 Å². The first-order chi connectivity index (χ1) is 9.74. The molecule has 0 saturated carbocycles. The van der Waals surface area contributed by atoms with Crippen LogP contribution in [0.2, 0.25) is 5.02 Å². The number of rotatable bonds is 2. The van der Waals surface area contributed by atoms with Crippen LogP contribution in [-0.4, -0.2) is 0 Å². The van der Waals surface area contributed by atoms with E-state index in [0.717, 1.165) is 22.3 Å². The van der Waals surface area contributed by atoms with Gasteiger partial charge in [0.2, 0.25) is 0 Å². The molecule has 0 atom stereocenters. The molecule has 0 bridgehead atoms. The molecule has 0 fully saturated rings. The van der Waals surface area contributed by atoms with Crippen LogP contribution in [-0.2, 0) is 0 Å². The lowest BCUT2D eigenvalue weighted by Crippen LogP contribution is -1.86. The molecule has 3 aromatic rings. The maximum absolute atomic E-state index is 13.6. The van der Waals surface area contributed by atoms with Crippen molar-refractivity contribution in [2.45, 2.75) is 0 Å². The summed E-state index contributed by atoms with van der Waals surface area (Å²) in [6, 6.07) is 22.6. The van der Waals surface area contributed by atoms with Crippen molar-refractivity contribution >= 4 is 11.6 Å². The van der Waals surface area contributed by atoms with E-state index in [1.54, 1.807) is 6.07 Å². The monoisotopic (exact) mass is 282 g/mol. The van der Waals surface area contributed by atoms with E-state index in [2.05, 4.69) is 0 Å². The molecule has 0 aromatic heterocycles. The van der Waals surface area contributed by atoms with Crippen molar-refractivity contribution in [3.05, 3.63) is 83.6 Å². The molecule has 2 heteroatoms. The highest BCUT2D eigenvalue weighted by molar-refractivity contribution is 6.30. The van der Waals surface area contributed by atoms with E-state index < -0.39 is 0 Å². The third-order valence-corrected chi connectivity index (χ3v) is 3.40. The molecule has 0 aliphatic carbocycles. The van der Waals surface area contributed by atoms with E-state index in [0.29, 0.717) is 5.02 Å². The van der Waals surface area contributed by atoms with Crippen molar-refractivity contribution in [1.29, 1.82) is 0 Å². The summed E-state index contributed by atoms with van der Waals surface area (Å²) in [6.07, 6.45) is 0. The molecule has 0 heterocycles. The lowest BCUT2D eigenvalue weighted by molar-refractivity contribution is 0.628. The van der Waals surface area contributed by atoms with E-state index in [-0.39, 0.29) is 5.82 Å². The average Bonchev–Trinajstić information content (AvgIpc) is 2.47. The highest BCUT2D eigenvalue weighted by Crippen LogP contribution is 2.33. The van der Waals surface area contributed by atoms with Gasteiger partial charge < -0.3 is 0 Å². The first-order valence-electron chi connectivity index (χ1n) is 6.35. The van der Waals surface area contributed by atoms with Gasteiger partial charge in [0.05, 0.1) is 0 Å². The molecule has 0 nitrogen and oxygen atoms in total. The second-order valence-corrected chi connectivity index (χ2v) is 5.01. The van der Waals surface area contributed by atoms with Crippen LogP contribution in [0.5, 0.6) is 0 Å². The van der Waals surface area contributed by atoms with E-state index >= 15 is 0 Å². The lowest BCUT2D eigenvalue weighted by atomic mass is 9.95. The van der Waals surface area contributed by atoms with Crippen molar-refractivity contribution < 1.29 is 4.39 Å². The summed E-state index contributed by atoms with van der Waals surface area (Å²) in [7, 11) is 0. The van der Waals surface area contributed by atoms with Crippen molar-refractivity contribution in [2.24, 2.45) is 0 Å². The highest BCUT2D eigenvalue weighted by atomic mass is 35.5. The van der Waals surface area contributed by atoms with Crippen LogP contribution >= 0.6 is 11.6 Å². The zero-order valence-corrected chi connectivity index (χ0v) is 11.4. The van der Waals surface area contributed by atoms with Gasteiger partial charge in [-0.1, -0.05) is 66.2 Å². The molecular weight excluding hydrogens is 271 g/mol. The van der Waals surface area contributed by atoms with Gasteiger partial charge in [-0.3, -0.25) is 0 Å². The number of benzene rings is 3. The summed E-state index contributed by atoms with van der Waals surface area (Å²) in [5, 5.41) is 0.405. The van der Waals surface area contributed by atoms with E-state index in [1.165, 1.54) is 12.1 Å². The molecule has 0 amide bonds. The molecule has 0 aliphatic rings. The van der Waals surface area contributed by atoms with Crippen molar-refractivity contribution in [3.63, 3.8) is 0 Å². The zero-order valence-electron chi connectivity index (χ0n) is 10.7. The van der Waals surface area contributed by atoms with Crippen molar-refractivity contribution in [3.8, 4) is 22.3 Å². The van der Waals surface area contributed by atoms with Gasteiger partial charge in [0.15, 0.2) is 0 Å². The zero-order chi connectivity index (χ0) is 13.9. The largest absolute Gasteiger partial charge is 0.207 e. The predicted octanol–water partition coefficient (Wildman–Crippen LogP) is 5.81. The van der Waals surface area contributed by atoms with E-state index in [4.69, 9.17) is 11.6 Å². The van der Waals surface area contributed by atoms with Gasteiger partial charge in [0.1, 0.15) is 5.82 Å². The Balaban J connectivity index is 2.20. The molecule has 0 saturated heterocycles. The van der Waals surface area contributed by atoms with Crippen LogP contribution < -0.4 is 0 Å². The Bertz CT molecular complexity index is 715. The molecule has 0 aliphatic heterocycles. The first-order valence-corrected chi connectivity index (χ1v) is 6.73. The average molecular weight is 283 g/mol. The smallest absolute Gasteiger partial charge is 0.125 e. The fraction of sp³-hybridized carbons (Fsp3) is 0. The van der Waals surface area contributed by atoms with Gasteiger partial charge in [0.25, 0.3) is 0 Å². The van der Waals surface area contributed by atoms with Crippen LogP contribution in [0.25, 0.3) is 22.3 Å². The summed E-state index contributed by atoms with van der Waals surface area (Å²) in [4.78, 5) is 0. The third-order valence-electron chi connectivity index (χ3n) is 3.19. The van der Waals surface area contributed by atoms with Crippen LogP contribution in [0.3, 0.4) is 0 Å². The molecule has 0 spiro atoms. The minimum absolute atomic E-state index is 0.324. The number of hydrogen-bond donors (Lipinski definition) is 0. The second-order valence-electron chi connectivity index (χ2n) is 4.57. The number of halogens is 2. The molecule has 20 heavy (non-hydrogen) atoms. The van der Waals surface area contributed by atoms with Gasteiger partial charge in [-0.15, -0.1) is 0 Å². The molecule has 0 radical (unpaired) electrons. The normalized spacial score (nSPS) is 10.5. The summed E-state index contributed by atoms with van der Waals surface area (Å²) in [5.74, 6) is -0.324. The van der Waals surface area contributed by atoms with Gasteiger partial charge in [-0.2, -0.15) is 0 Å². The Morgan fingerprint density at radius 2 is 1.25 bits per heavy atom. The minimum atomic E-state index is -0.324. The predicted molar refractivity (Wildman–Crippen MR) is 82.3 cm³/mol. The fourth-order valence-corrected chi connectivity index (χ4v) is 2.54. The molecular formula is C18H12ClF. The second kappa shape index (κ2) is 5.48. The summed E-state index contributed by atoms with van der Waals surface area (Å²) >= 11 is 5.96. The van der Waals surface area contributed by atoms with E-state index in [1.807, 2.05) is 54.6 Å². The Labute approximate surface area is 122 Å². The minimum Gasteiger partial charge on any atom is -0.207 e. The summed E-state index contributed by atoms with van der Waals surface area (Å²) < 4.78 is 13.6. The molecule has 3 rings (SSSR count). The van der Waals surface area contributed by atoms with Crippen molar-refractivity contribution in [1.82, 2.24) is 0 Å². The Morgan fingerprint density at radius 3 is 1.90 bits per heavy atom. The van der Waals surface area contributed by atoms with Crippen molar-refractivity contribution in [2.75, 3.05) is 0 Å². The van der Waals surface area contributed by atoms with E-state index in [9.17, 15) is 4.39 Å².